The summed E-state index contributed by atoms with van der Waals surface area (Å²) in [6.07, 6.45) is 0. The Balaban J connectivity index is 2.96. The first-order valence-electron chi connectivity index (χ1n) is 3.81. The summed E-state index contributed by atoms with van der Waals surface area (Å²) in [6.45, 7) is 2.07. The molecule has 2 nitrogen and oxygen atoms in total. The molecule has 0 fully saturated rings. The first kappa shape index (κ1) is 9.55. The molecule has 0 amide bonds. The lowest BCUT2D eigenvalue weighted by molar-refractivity contribution is 0.471. The van der Waals surface area contributed by atoms with Gasteiger partial charge in [0, 0.05) is 6.04 Å². The zero-order chi connectivity index (χ0) is 9.14. The van der Waals surface area contributed by atoms with Gasteiger partial charge >= 0.3 is 0 Å². The van der Waals surface area contributed by atoms with Crippen LogP contribution >= 0.6 is 15.9 Å². The SMILES string of the molecule is CNC(C)c1ccc(O)c(Br)c1. The van der Waals surface area contributed by atoms with E-state index in [1.807, 2.05) is 19.2 Å². The normalized spacial score (nSPS) is 12.9. The summed E-state index contributed by atoms with van der Waals surface area (Å²) in [4.78, 5) is 0. The minimum atomic E-state index is 0.280. The molecule has 1 atom stereocenters. The van der Waals surface area contributed by atoms with E-state index in [1.54, 1.807) is 6.07 Å². The number of halogens is 1. The molecule has 0 radical (unpaired) electrons. The van der Waals surface area contributed by atoms with Crippen molar-refractivity contribution in [2.24, 2.45) is 0 Å². The van der Waals surface area contributed by atoms with Crippen molar-refractivity contribution in [1.29, 1.82) is 0 Å². The highest BCUT2D eigenvalue weighted by molar-refractivity contribution is 9.10. The van der Waals surface area contributed by atoms with Gasteiger partial charge in [-0.2, -0.15) is 0 Å². The molecule has 66 valence electrons. The van der Waals surface area contributed by atoms with Gasteiger partial charge in [-0.1, -0.05) is 6.07 Å². The molecule has 0 saturated heterocycles. The highest BCUT2D eigenvalue weighted by atomic mass is 79.9. The Hall–Kier alpha value is -0.540. The number of benzene rings is 1. The minimum Gasteiger partial charge on any atom is -0.507 e. The number of aromatic hydroxyl groups is 1. The number of nitrogens with one attached hydrogen (secondary N) is 1. The van der Waals surface area contributed by atoms with E-state index < -0.39 is 0 Å². The third-order valence-corrected chi connectivity index (χ3v) is 2.54. The van der Waals surface area contributed by atoms with Gasteiger partial charge in [-0.15, -0.1) is 0 Å². The van der Waals surface area contributed by atoms with Crippen LogP contribution in [0.1, 0.15) is 18.5 Å². The zero-order valence-electron chi connectivity index (χ0n) is 7.13. The molecule has 1 unspecified atom stereocenters. The maximum Gasteiger partial charge on any atom is 0.129 e. The summed E-state index contributed by atoms with van der Waals surface area (Å²) in [6, 6.07) is 5.81. The minimum absolute atomic E-state index is 0.280. The van der Waals surface area contributed by atoms with Crippen molar-refractivity contribution in [2.75, 3.05) is 7.05 Å². The largest absolute Gasteiger partial charge is 0.507 e. The standard InChI is InChI=1S/C9H12BrNO/c1-6(11-2)7-3-4-9(12)8(10)5-7/h3-6,11-12H,1-2H3. The van der Waals surface area contributed by atoms with E-state index >= 15 is 0 Å². The first-order chi connectivity index (χ1) is 5.65. The molecule has 0 aliphatic carbocycles. The van der Waals surface area contributed by atoms with Gasteiger partial charge in [0.2, 0.25) is 0 Å². The fourth-order valence-corrected chi connectivity index (χ4v) is 1.36. The molecule has 0 bridgehead atoms. The van der Waals surface area contributed by atoms with Crippen LogP contribution in [-0.2, 0) is 0 Å². The van der Waals surface area contributed by atoms with E-state index in [1.165, 1.54) is 0 Å². The summed E-state index contributed by atoms with van der Waals surface area (Å²) < 4.78 is 0.738. The van der Waals surface area contributed by atoms with Gasteiger partial charge in [0.05, 0.1) is 4.47 Å². The zero-order valence-corrected chi connectivity index (χ0v) is 8.72. The van der Waals surface area contributed by atoms with Gasteiger partial charge in [-0.05, 0) is 47.6 Å². The second kappa shape index (κ2) is 3.92. The van der Waals surface area contributed by atoms with Crippen LogP contribution in [0, 0.1) is 0 Å². The Morgan fingerprint density at radius 2 is 2.17 bits per heavy atom. The first-order valence-corrected chi connectivity index (χ1v) is 4.60. The maximum absolute atomic E-state index is 9.23. The van der Waals surface area contributed by atoms with E-state index in [9.17, 15) is 5.11 Å². The molecule has 0 saturated carbocycles. The summed E-state index contributed by atoms with van der Waals surface area (Å²) in [7, 11) is 1.91. The van der Waals surface area contributed by atoms with Gasteiger partial charge in [0.25, 0.3) is 0 Å². The van der Waals surface area contributed by atoms with E-state index in [-0.39, 0.29) is 5.75 Å². The molecule has 0 heterocycles. The lowest BCUT2D eigenvalue weighted by atomic mass is 10.1. The average Bonchev–Trinajstić information content (AvgIpc) is 2.08. The van der Waals surface area contributed by atoms with Crippen LogP contribution in [0.4, 0.5) is 0 Å². The van der Waals surface area contributed by atoms with Crippen LogP contribution in [0.3, 0.4) is 0 Å². The summed E-state index contributed by atoms with van der Waals surface area (Å²) >= 11 is 3.27. The monoisotopic (exact) mass is 229 g/mol. The molecule has 12 heavy (non-hydrogen) atoms. The molecular weight excluding hydrogens is 218 g/mol. The van der Waals surface area contributed by atoms with Gasteiger partial charge in [0.15, 0.2) is 0 Å². The van der Waals surface area contributed by atoms with E-state index in [0.29, 0.717) is 6.04 Å². The number of phenolic OH excluding ortho intramolecular Hbond substituents is 1. The van der Waals surface area contributed by atoms with Crippen molar-refractivity contribution >= 4 is 15.9 Å². The van der Waals surface area contributed by atoms with Crippen molar-refractivity contribution in [3.05, 3.63) is 28.2 Å². The topological polar surface area (TPSA) is 32.3 Å². The second-order valence-electron chi connectivity index (χ2n) is 2.72. The van der Waals surface area contributed by atoms with E-state index in [4.69, 9.17) is 0 Å². The molecule has 0 aliphatic rings. The van der Waals surface area contributed by atoms with Crippen molar-refractivity contribution < 1.29 is 5.11 Å². The molecule has 0 aromatic heterocycles. The average molecular weight is 230 g/mol. The fourth-order valence-electron chi connectivity index (χ4n) is 0.959. The number of rotatable bonds is 2. The van der Waals surface area contributed by atoms with Gasteiger partial charge in [-0.25, -0.2) is 0 Å². The smallest absolute Gasteiger partial charge is 0.129 e. The van der Waals surface area contributed by atoms with Crippen molar-refractivity contribution in [3.8, 4) is 5.75 Å². The Labute approximate surface area is 80.7 Å². The van der Waals surface area contributed by atoms with Crippen LogP contribution in [0.25, 0.3) is 0 Å². The van der Waals surface area contributed by atoms with Crippen LogP contribution in [0.5, 0.6) is 5.75 Å². The predicted molar refractivity (Wildman–Crippen MR) is 53.3 cm³/mol. The second-order valence-corrected chi connectivity index (χ2v) is 3.58. The molecule has 1 rings (SSSR count). The molecule has 3 heteroatoms. The van der Waals surface area contributed by atoms with Crippen LogP contribution < -0.4 is 5.32 Å². The summed E-state index contributed by atoms with van der Waals surface area (Å²) in [5.74, 6) is 0.280. The van der Waals surface area contributed by atoms with Gasteiger partial charge < -0.3 is 10.4 Å². The van der Waals surface area contributed by atoms with Crippen molar-refractivity contribution in [3.63, 3.8) is 0 Å². The quantitative estimate of drug-likeness (QED) is 0.817. The molecule has 0 aliphatic heterocycles. The van der Waals surface area contributed by atoms with E-state index in [2.05, 4.69) is 28.2 Å². The molecular formula is C9H12BrNO. The molecule has 1 aromatic carbocycles. The Morgan fingerprint density at radius 3 is 2.67 bits per heavy atom. The van der Waals surface area contributed by atoms with E-state index in [0.717, 1.165) is 10.0 Å². The number of hydrogen-bond acceptors (Lipinski definition) is 2. The van der Waals surface area contributed by atoms with Crippen molar-refractivity contribution in [1.82, 2.24) is 5.32 Å². The Morgan fingerprint density at radius 1 is 1.50 bits per heavy atom. The molecule has 2 N–H and O–H groups in total. The third kappa shape index (κ3) is 1.99. The third-order valence-electron chi connectivity index (χ3n) is 1.90. The summed E-state index contributed by atoms with van der Waals surface area (Å²) in [5, 5.41) is 12.4. The number of hydrogen-bond donors (Lipinski definition) is 2. The highest BCUT2D eigenvalue weighted by Crippen LogP contribution is 2.26. The van der Waals surface area contributed by atoms with Crippen LogP contribution in [-0.4, -0.2) is 12.2 Å². The molecule has 0 spiro atoms. The lowest BCUT2D eigenvalue weighted by Crippen LogP contribution is -2.11. The van der Waals surface area contributed by atoms with Gasteiger partial charge in [-0.3, -0.25) is 0 Å². The summed E-state index contributed by atoms with van der Waals surface area (Å²) in [5.41, 5.74) is 1.15. The maximum atomic E-state index is 9.23. The van der Waals surface area contributed by atoms with Crippen molar-refractivity contribution in [2.45, 2.75) is 13.0 Å². The van der Waals surface area contributed by atoms with Gasteiger partial charge in [0.1, 0.15) is 5.75 Å². The Kier molecular flexibility index (Phi) is 3.12. The number of phenols is 1. The fraction of sp³-hybridized carbons (Fsp3) is 0.333. The lowest BCUT2D eigenvalue weighted by Gasteiger charge is -2.10. The van der Waals surface area contributed by atoms with Crippen LogP contribution in [0.2, 0.25) is 0 Å². The van der Waals surface area contributed by atoms with Crippen LogP contribution in [0.15, 0.2) is 22.7 Å². The predicted octanol–water partition coefficient (Wildman–Crippen LogP) is 2.44. The highest BCUT2D eigenvalue weighted by Gasteiger charge is 2.04. The molecule has 1 aromatic rings. The Bertz CT molecular complexity index is 275.